The van der Waals surface area contributed by atoms with E-state index >= 15 is 0 Å². The van der Waals surface area contributed by atoms with Crippen LogP contribution in [0.4, 0.5) is 0 Å². The van der Waals surface area contributed by atoms with Crippen LogP contribution in [0.25, 0.3) is 0 Å². The highest BCUT2D eigenvalue weighted by atomic mass is 16.6. The lowest BCUT2D eigenvalue weighted by molar-refractivity contribution is -0.143. The van der Waals surface area contributed by atoms with E-state index in [1.165, 1.54) is 19.8 Å². The lowest BCUT2D eigenvalue weighted by Crippen LogP contribution is -2.46. The maximum atomic E-state index is 11.4. The summed E-state index contributed by atoms with van der Waals surface area (Å²) in [4.78, 5) is 22.9. The number of allylic oxidation sites excluding steroid dienone is 3. The summed E-state index contributed by atoms with van der Waals surface area (Å²) in [5.41, 5.74) is 2.60. The van der Waals surface area contributed by atoms with Crippen molar-refractivity contribution >= 4 is 11.8 Å². The van der Waals surface area contributed by atoms with Crippen LogP contribution in [-0.2, 0) is 20.9 Å². The van der Waals surface area contributed by atoms with Gasteiger partial charge in [0.15, 0.2) is 5.84 Å². The molecule has 1 aromatic carbocycles. The molecule has 0 unspecified atom stereocenters. The standard InChI is InChI=1S/C26H30N4O4/c1-5-6-23(26(28-34-4)30-14-13-27-25(30)19(2)31)12-11-20-7-9-21(10-8-20)16-29-17-22(18-29)15-24(32)33-3/h5-10,13-14,19,22,31H,1,15-18H2,2-4H3/b23-6-,28-26+/t19-/m0/s1. The van der Waals surface area contributed by atoms with Crippen molar-refractivity contribution in [2.45, 2.75) is 26.0 Å². The molecule has 1 aliphatic heterocycles. The van der Waals surface area contributed by atoms with E-state index in [0.717, 1.165) is 25.2 Å². The Morgan fingerprint density at radius 1 is 1.35 bits per heavy atom. The van der Waals surface area contributed by atoms with Crippen LogP contribution in [0.2, 0.25) is 0 Å². The minimum Gasteiger partial charge on any atom is -0.469 e. The Kier molecular flexibility index (Phi) is 8.79. The summed E-state index contributed by atoms with van der Waals surface area (Å²) in [5, 5.41) is 14.1. The van der Waals surface area contributed by atoms with Crippen molar-refractivity contribution in [3.8, 4) is 11.8 Å². The average molecular weight is 463 g/mol. The lowest BCUT2D eigenvalue weighted by atomic mass is 9.95. The molecular weight excluding hydrogens is 432 g/mol. The number of hydrogen-bond donors (Lipinski definition) is 1. The van der Waals surface area contributed by atoms with Gasteiger partial charge in [-0.15, -0.1) is 0 Å². The molecule has 1 atom stereocenters. The van der Waals surface area contributed by atoms with Gasteiger partial charge in [0.1, 0.15) is 19.0 Å². The van der Waals surface area contributed by atoms with Gasteiger partial charge in [-0.3, -0.25) is 14.3 Å². The summed E-state index contributed by atoms with van der Waals surface area (Å²) >= 11 is 0. The number of aliphatic hydroxyl groups is 1. The Bertz CT molecular complexity index is 1110. The van der Waals surface area contributed by atoms with Gasteiger partial charge in [0, 0.05) is 37.6 Å². The smallest absolute Gasteiger partial charge is 0.305 e. The van der Waals surface area contributed by atoms with Crippen LogP contribution in [0.1, 0.15) is 36.4 Å². The van der Waals surface area contributed by atoms with Gasteiger partial charge in [-0.2, -0.15) is 0 Å². The van der Waals surface area contributed by atoms with E-state index in [2.05, 4.69) is 45.6 Å². The predicted molar refractivity (Wildman–Crippen MR) is 130 cm³/mol. The Hall–Kier alpha value is -3.67. The molecule has 0 aliphatic carbocycles. The Morgan fingerprint density at radius 2 is 2.09 bits per heavy atom. The fourth-order valence-corrected chi connectivity index (χ4v) is 3.75. The first kappa shape index (κ1) is 25.0. The number of carbonyl (C=O) groups is 1. The third-order valence-electron chi connectivity index (χ3n) is 5.39. The molecule has 1 fully saturated rings. The maximum absolute atomic E-state index is 11.4. The van der Waals surface area contributed by atoms with Gasteiger partial charge in [-0.1, -0.05) is 41.8 Å². The molecule has 8 nitrogen and oxygen atoms in total. The van der Waals surface area contributed by atoms with Crippen molar-refractivity contribution in [1.82, 2.24) is 14.5 Å². The summed E-state index contributed by atoms with van der Waals surface area (Å²) in [7, 11) is 2.88. The number of methoxy groups -OCH3 is 1. The van der Waals surface area contributed by atoms with E-state index < -0.39 is 6.10 Å². The second-order valence-electron chi connectivity index (χ2n) is 8.03. The molecule has 1 aromatic heterocycles. The lowest BCUT2D eigenvalue weighted by Gasteiger charge is -2.38. The third-order valence-corrected chi connectivity index (χ3v) is 5.39. The number of rotatable bonds is 8. The summed E-state index contributed by atoms with van der Waals surface area (Å²) < 4.78 is 6.37. The highest BCUT2D eigenvalue weighted by molar-refractivity contribution is 6.04. The van der Waals surface area contributed by atoms with Crippen molar-refractivity contribution in [2.75, 3.05) is 27.3 Å². The van der Waals surface area contributed by atoms with Crippen LogP contribution in [0.15, 0.2) is 66.1 Å². The van der Waals surface area contributed by atoms with E-state index in [4.69, 9.17) is 9.57 Å². The van der Waals surface area contributed by atoms with Gasteiger partial charge in [0.05, 0.1) is 19.1 Å². The van der Waals surface area contributed by atoms with Gasteiger partial charge in [0.25, 0.3) is 0 Å². The molecule has 2 aromatic rings. The number of aromatic nitrogens is 2. The highest BCUT2D eigenvalue weighted by Gasteiger charge is 2.28. The first-order valence-electron chi connectivity index (χ1n) is 11.0. The first-order chi connectivity index (χ1) is 16.4. The van der Waals surface area contributed by atoms with Crippen molar-refractivity contribution in [3.63, 3.8) is 0 Å². The Labute approximate surface area is 200 Å². The molecule has 34 heavy (non-hydrogen) atoms. The minimum atomic E-state index is -0.787. The summed E-state index contributed by atoms with van der Waals surface area (Å²) in [6, 6.07) is 8.07. The molecule has 178 valence electrons. The van der Waals surface area contributed by atoms with E-state index in [0.29, 0.717) is 29.6 Å². The quantitative estimate of drug-likeness (QED) is 0.162. The molecule has 3 rings (SSSR count). The SMILES string of the molecule is C=C/C=C(C#Cc1ccc(CN2CC(CC(=O)OC)C2)cc1)\C(=N/OC)n1ccnc1[C@H](C)O. The van der Waals surface area contributed by atoms with E-state index in [-0.39, 0.29) is 5.97 Å². The number of nitrogens with zero attached hydrogens (tertiary/aromatic N) is 4. The molecule has 0 bridgehead atoms. The van der Waals surface area contributed by atoms with Gasteiger partial charge in [-0.25, -0.2) is 4.98 Å². The zero-order valence-electron chi connectivity index (χ0n) is 19.8. The van der Waals surface area contributed by atoms with Crippen molar-refractivity contribution in [3.05, 3.63) is 77.9 Å². The second-order valence-corrected chi connectivity index (χ2v) is 8.03. The second kappa shape index (κ2) is 12.0. The predicted octanol–water partition coefficient (Wildman–Crippen LogP) is 2.90. The van der Waals surface area contributed by atoms with E-state index in [1.54, 1.807) is 36.0 Å². The normalized spacial score (nSPS) is 15.6. The van der Waals surface area contributed by atoms with Crippen LogP contribution in [0, 0.1) is 17.8 Å². The Balaban J connectivity index is 1.69. The van der Waals surface area contributed by atoms with Crippen LogP contribution < -0.4 is 0 Å². The molecule has 0 saturated carbocycles. The summed E-state index contributed by atoms with van der Waals surface area (Å²) in [6.45, 7) is 8.04. The molecule has 2 heterocycles. The molecule has 0 spiro atoms. The van der Waals surface area contributed by atoms with Crippen LogP contribution in [0.5, 0.6) is 0 Å². The third kappa shape index (κ3) is 6.44. The topological polar surface area (TPSA) is 89.2 Å². The molecule has 1 N–H and O–H groups in total. The summed E-state index contributed by atoms with van der Waals surface area (Å²) in [5.74, 6) is 7.35. The molecule has 1 saturated heterocycles. The molecule has 0 amide bonds. The van der Waals surface area contributed by atoms with Gasteiger partial charge < -0.3 is 14.7 Å². The van der Waals surface area contributed by atoms with Gasteiger partial charge >= 0.3 is 5.97 Å². The monoisotopic (exact) mass is 462 g/mol. The number of ether oxygens (including phenoxy) is 1. The number of aliphatic hydroxyl groups excluding tert-OH is 1. The largest absolute Gasteiger partial charge is 0.469 e. The fourth-order valence-electron chi connectivity index (χ4n) is 3.75. The minimum absolute atomic E-state index is 0.147. The molecule has 8 heteroatoms. The first-order valence-corrected chi connectivity index (χ1v) is 11.0. The number of likely N-dealkylation sites (tertiary alicyclic amines) is 1. The van der Waals surface area contributed by atoms with E-state index in [1.807, 2.05) is 12.1 Å². The number of benzene rings is 1. The zero-order chi connectivity index (χ0) is 24.5. The van der Waals surface area contributed by atoms with Crippen LogP contribution in [-0.4, -0.2) is 58.7 Å². The number of hydrogen-bond acceptors (Lipinski definition) is 7. The maximum Gasteiger partial charge on any atom is 0.305 e. The average Bonchev–Trinajstić information content (AvgIpc) is 3.29. The van der Waals surface area contributed by atoms with Crippen LogP contribution in [0.3, 0.4) is 0 Å². The summed E-state index contributed by atoms with van der Waals surface area (Å²) in [6.07, 6.45) is 6.33. The molecular formula is C26H30N4O4. The Morgan fingerprint density at radius 3 is 2.71 bits per heavy atom. The van der Waals surface area contributed by atoms with Crippen LogP contribution >= 0.6 is 0 Å². The number of imidazole rings is 1. The molecule has 0 radical (unpaired) electrons. The number of esters is 1. The van der Waals surface area contributed by atoms with Crippen molar-refractivity contribution in [2.24, 2.45) is 11.1 Å². The number of carbonyl (C=O) groups excluding carboxylic acids is 1. The van der Waals surface area contributed by atoms with E-state index in [9.17, 15) is 9.90 Å². The highest BCUT2D eigenvalue weighted by Crippen LogP contribution is 2.22. The van der Waals surface area contributed by atoms with Crippen molar-refractivity contribution < 1.29 is 19.5 Å². The molecule has 1 aliphatic rings. The fraction of sp³-hybridized carbons (Fsp3) is 0.346. The zero-order valence-corrected chi connectivity index (χ0v) is 19.8. The van der Waals surface area contributed by atoms with Crippen molar-refractivity contribution in [1.29, 1.82) is 0 Å². The number of oxime groups is 1. The van der Waals surface area contributed by atoms with Gasteiger partial charge in [0.2, 0.25) is 0 Å². The van der Waals surface area contributed by atoms with Gasteiger partial charge in [-0.05, 0) is 36.6 Å².